The molecule has 168 valence electrons. The molecule has 0 aliphatic rings. The average molecular weight is 456 g/mol. The minimum atomic E-state index is -1.73. The summed E-state index contributed by atoms with van der Waals surface area (Å²) in [5.74, 6) is -0.933. The molecule has 0 aromatic carbocycles. The average Bonchev–Trinajstić information content (AvgIpc) is 3.36. The number of aryl methyl sites for hydroxylation is 2. The summed E-state index contributed by atoms with van der Waals surface area (Å²) in [5.41, 5.74) is -1.51. The molecule has 3 aromatic heterocycles. The number of hydrogen-bond acceptors (Lipinski definition) is 6. The quantitative estimate of drug-likeness (QED) is 0.513. The standard InChI is InChI=1S/C23H25N3O5S/c1-6-8-15(9-7-2)10-12-25-20-16(14(3)17(32-20)18-24-11-13-31-18)19(27)26(22(25)30)23(4,5)21(28)29/h6-9,11,13H,1,10,12H2,2-5H3,(H,28,29)/b9-7-,15-8+. The Morgan fingerprint density at radius 2 is 2.09 bits per heavy atom. The number of fused-ring (bicyclic) bond motifs is 1. The van der Waals surface area contributed by atoms with E-state index in [1.807, 2.05) is 25.2 Å². The highest BCUT2D eigenvalue weighted by Crippen LogP contribution is 2.35. The molecule has 3 heterocycles. The van der Waals surface area contributed by atoms with Crippen LogP contribution < -0.4 is 11.2 Å². The first-order valence-electron chi connectivity index (χ1n) is 10.0. The van der Waals surface area contributed by atoms with Crippen LogP contribution in [0, 0.1) is 6.92 Å². The highest BCUT2D eigenvalue weighted by molar-refractivity contribution is 7.22. The van der Waals surface area contributed by atoms with E-state index >= 15 is 0 Å². The Morgan fingerprint density at radius 3 is 2.66 bits per heavy atom. The van der Waals surface area contributed by atoms with E-state index < -0.39 is 22.8 Å². The van der Waals surface area contributed by atoms with Crippen LogP contribution in [0.15, 0.2) is 62.9 Å². The molecule has 0 spiro atoms. The summed E-state index contributed by atoms with van der Waals surface area (Å²) >= 11 is 1.23. The molecule has 0 radical (unpaired) electrons. The summed E-state index contributed by atoms with van der Waals surface area (Å²) in [6.07, 6.45) is 10.7. The zero-order chi connectivity index (χ0) is 23.6. The molecular weight excluding hydrogens is 430 g/mol. The Labute approximate surface area is 188 Å². The fourth-order valence-corrected chi connectivity index (χ4v) is 4.76. The largest absolute Gasteiger partial charge is 0.480 e. The lowest BCUT2D eigenvalue weighted by Crippen LogP contribution is -2.52. The minimum absolute atomic E-state index is 0.250. The number of allylic oxidation sites excluding steroid dienone is 5. The fraction of sp³-hybridized carbons (Fsp3) is 0.304. The number of carbonyl (C=O) groups is 1. The van der Waals surface area contributed by atoms with E-state index in [1.165, 1.54) is 42.2 Å². The molecule has 0 fully saturated rings. The van der Waals surface area contributed by atoms with Gasteiger partial charge in [-0.1, -0.05) is 30.9 Å². The smallest absolute Gasteiger partial charge is 0.333 e. The summed E-state index contributed by atoms with van der Waals surface area (Å²) in [5, 5.41) is 10.0. The lowest BCUT2D eigenvalue weighted by Gasteiger charge is -2.23. The molecule has 0 atom stereocenters. The molecule has 8 nitrogen and oxygen atoms in total. The number of thiophene rings is 1. The van der Waals surface area contributed by atoms with Crippen molar-refractivity contribution in [3.05, 3.63) is 75.3 Å². The maximum Gasteiger partial charge on any atom is 0.333 e. The van der Waals surface area contributed by atoms with Crippen LogP contribution in [-0.2, 0) is 16.9 Å². The van der Waals surface area contributed by atoms with E-state index in [-0.39, 0.29) is 11.9 Å². The van der Waals surface area contributed by atoms with Crippen LogP contribution in [0.3, 0.4) is 0 Å². The van der Waals surface area contributed by atoms with Gasteiger partial charge in [0, 0.05) is 6.54 Å². The van der Waals surface area contributed by atoms with Crippen molar-refractivity contribution >= 4 is 27.5 Å². The number of carboxylic acid groups (broad SMARTS) is 1. The third-order valence-electron chi connectivity index (χ3n) is 5.26. The van der Waals surface area contributed by atoms with E-state index in [4.69, 9.17) is 4.42 Å². The van der Waals surface area contributed by atoms with Gasteiger partial charge in [-0.05, 0) is 45.3 Å². The molecule has 0 aliphatic carbocycles. The zero-order valence-corrected chi connectivity index (χ0v) is 19.2. The van der Waals surface area contributed by atoms with Gasteiger partial charge in [-0.3, -0.25) is 9.36 Å². The highest BCUT2D eigenvalue weighted by Gasteiger charge is 2.35. The van der Waals surface area contributed by atoms with E-state index in [2.05, 4.69) is 11.6 Å². The monoisotopic (exact) mass is 455 g/mol. The van der Waals surface area contributed by atoms with Crippen molar-refractivity contribution in [1.82, 2.24) is 14.1 Å². The van der Waals surface area contributed by atoms with Crippen molar-refractivity contribution < 1.29 is 14.3 Å². The van der Waals surface area contributed by atoms with Crippen molar-refractivity contribution in [2.45, 2.75) is 46.2 Å². The summed E-state index contributed by atoms with van der Waals surface area (Å²) in [6, 6.07) is 0. The third-order valence-corrected chi connectivity index (χ3v) is 6.56. The Hall–Kier alpha value is -3.46. The second-order valence-electron chi connectivity index (χ2n) is 7.74. The maximum absolute atomic E-state index is 13.5. The number of hydrogen-bond donors (Lipinski definition) is 1. The van der Waals surface area contributed by atoms with E-state index in [0.29, 0.717) is 27.6 Å². The molecular formula is C23H25N3O5S. The first-order chi connectivity index (χ1) is 15.1. The SMILES string of the molecule is C=C/C=C(\C=C/C)CCn1c(=O)n(C(C)(C)C(=O)O)c(=O)c2c(C)c(-c3ncco3)sc21. The highest BCUT2D eigenvalue weighted by atomic mass is 32.1. The predicted molar refractivity (Wildman–Crippen MR) is 125 cm³/mol. The normalized spacial score (nSPS) is 12.7. The molecule has 32 heavy (non-hydrogen) atoms. The summed E-state index contributed by atoms with van der Waals surface area (Å²) in [4.78, 5) is 44.0. The van der Waals surface area contributed by atoms with Gasteiger partial charge in [0.1, 0.15) is 16.6 Å². The molecule has 0 aliphatic heterocycles. The first-order valence-corrected chi connectivity index (χ1v) is 10.8. The van der Waals surface area contributed by atoms with E-state index in [1.54, 1.807) is 13.0 Å². The van der Waals surface area contributed by atoms with Crippen LogP contribution in [0.5, 0.6) is 0 Å². The Bertz CT molecular complexity index is 1350. The lowest BCUT2D eigenvalue weighted by molar-refractivity contribution is -0.146. The summed E-state index contributed by atoms with van der Waals surface area (Å²) in [7, 11) is 0. The lowest BCUT2D eigenvalue weighted by atomic mass is 10.1. The number of carboxylic acids is 1. The van der Waals surface area contributed by atoms with Gasteiger partial charge in [-0.25, -0.2) is 19.1 Å². The Kier molecular flexibility index (Phi) is 6.50. The van der Waals surface area contributed by atoms with Gasteiger partial charge in [0.25, 0.3) is 5.56 Å². The molecule has 0 amide bonds. The second-order valence-corrected chi connectivity index (χ2v) is 8.74. The number of nitrogens with zero attached hydrogens (tertiary/aromatic N) is 3. The third kappa shape index (κ3) is 3.91. The second kappa shape index (κ2) is 8.96. The number of aromatic nitrogens is 3. The molecule has 9 heteroatoms. The molecule has 3 aromatic rings. The number of oxazole rings is 1. The van der Waals surface area contributed by atoms with Crippen molar-refractivity contribution in [2.75, 3.05) is 0 Å². The van der Waals surface area contributed by atoms with Crippen molar-refractivity contribution in [3.63, 3.8) is 0 Å². The number of rotatable bonds is 8. The predicted octanol–water partition coefficient (Wildman–Crippen LogP) is 4.09. The topological polar surface area (TPSA) is 107 Å². The Morgan fingerprint density at radius 1 is 1.38 bits per heavy atom. The van der Waals surface area contributed by atoms with Gasteiger partial charge in [0.2, 0.25) is 5.89 Å². The van der Waals surface area contributed by atoms with Gasteiger partial charge >= 0.3 is 11.7 Å². The summed E-state index contributed by atoms with van der Waals surface area (Å²) < 4.78 is 7.70. The first kappa shape index (κ1) is 23.2. The van der Waals surface area contributed by atoms with E-state index in [0.717, 1.165) is 10.1 Å². The molecule has 0 unspecified atom stereocenters. The maximum atomic E-state index is 13.5. The van der Waals surface area contributed by atoms with Crippen LogP contribution in [0.4, 0.5) is 0 Å². The van der Waals surface area contributed by atoms with Gasteiger partial charge in [-0.15, -0.1) is 11.3 Å². The molecule has 0 bridgehead atoms. The van der Waals surface area contributed by atoms with Gasteiger partial charge in [0.05, 0.1) is 16.5 Å². The molecule has 0 saturated heterocycles. The van der Waals surface area contributed by atoms with Crippen LogP contribution in [0.25, 0.3) is 21.0 Å². The van der Waals surface area contributed by atoms with E-state index in [9.17, 15) is 19.5 Å². The number of aliphatic carboxylic acids is 1. The van der Waals surface area contributed by atoms with Gasteiger partial charge in [-0.2, -0.15) is 0 Å². The van der Waals surface area contributed by atoms with Crippen molar-refractivity contribution in [3.8, 4) is 10.8 Å². The van der Waals surface area contributed by atoms with Crippen LogP contribution in [0.2, 0.25) is 0 Å². The van der Waals surface area contributed by atoms with Crippen LogP contribution >= 0.6 is 11.3 Å². The molecule has 3 rings (SSSR count). The molecule has 0 saturated carbocycles. The fourth-order valence-electron chi connectivity index (χ4n) is 3.50. The van der Waals surface area contributed by atoms with Gasteiger partial charge < -0.3 is 9.52 Å². The Balaban J connectivity index is 2.35. The van der Waals surface area contributed by atoms with Gasteiger partial charge in [0.15, 0.2) is 0 Å². The van der Waals surface area contributed by atoms with Crippen molar-refractivity contribution in [2.24, 2.45) is 0 Å². The summed E-state index contributed by atoms with van der Waals surface area (Å²) in [6.45, 7) is 10.3. The zero-order valence-electron chi connectivity index (χ0n) is 18.4. The van der Waals surface area contributed by atoms with Crippen LogP contribution in [0.1, 0.15) is 32.8 Å². The van der Waals surface area contributed by atoms with Crippen molar-refractivity contribution in [1.29, 1.82) is 0 Å². The van der Waals surface area contributed by atoms with Crippen LogP contribution in [-0.4, -0.2) is 25.2 Å². The minimum Gasteiger partial charge on any atom is -0.480 e. The molecule has 1 N–H and O–H groups in total.